The van der Waals surface area contributed by atoms with Crippen molar-refractivity contribution in [1.29, 1.82) is 0 Å². The second-order valence-corrected chi connectivity index (χ2v) is 6.41. The van der Waals surface area contributed by atoms with Gasteiger partial charge in [0.1, 0.15) is 0 Å². The van der Waals surface area contributed by atoms with Crippen LogP contribution in [0.1, 0.15) is 59.8 Å². The summed E-state index contributed by atoms with van der Waals surface area (Å²) in [6, 6.07) is 1.09. The van der Waals surface area contributed by atoms with Gasteiger partial charge in [-0.3, -0.25) is 0 Å². The van der Waals surface area contributed by atoms with Gasteiger partial charge in [-0.1, -0.05) is 19.3 Å². The molecule has 1 aliphatic rings. The van der Waals surface area contributed by atoms with Crippen molar-refractivity contribution in [2.75, 3.05) is 16.0 Å². The fourth-order valence-electron chi connectivity index (χ4n) is 2.56. The Kier molecular flexibility index (Phi) is 5.59. The minimum atomic E-state index is 0.290. The largest absolute Gasteiger partial charge is 0.364 e. The molecule has 0 spiro atoms. The number of aromatic nitrogens is 3. The fourth-order valence-corrected chi connectivity index (χ4v) is 2.56. The lowest BCUT2D eigenvalue weighted by Gasteiger charge is -2.24. The SMILES string of the molecule is CC(C)Nc1nnc(NC(C)C)c(NC2CCCCC2)n1. The van der Waals surface area contributed by atoms with Gasteiger partial charge in [0, 0.05) is 18.1 Å². The minimum absolute atomic E-state index is 0.290. The fraction of sp³-hybridized carbons (Fsp3) is 0.800. The van der Waals surface area contributed by atoms with Crippen LogP contribution in [0, 0.1) is 0 Å². The Labute approximate surface area is 127 Å². The third kappa shape index (κ3) is 5.02. The molecule has 0 saturated heterocycles. The summed E-state index contributed by atoms with van der Waals surface area (Å²) < 4.78 is 0. The van der Waals surface area contributed by atoms with E-state index in [1.54, 1.807) is 0 Å². The van der Waals surface area contributed by atoms with Gasteiger partial charge in [0.25, 0.3) is 0 Å². The third-order valence-corrected chi connectivity index (χ3v) is 3.48. The first-order valence-corrected chi connectivity index (χ1v) is 8.09. The molecule has 1 saturated carbocycles. The first-order chi connectivity index (χ1) is 10.0. The van der Waals surface area contributed by atoms with Gasteiger partial charge < -0.3 is 16.0 Å². The number of anilines is 3. The Bertz CT molecular complexity index is 440. The highest BCUT2D eigenvalue weighted by molar-refractivity contribution is 5.61. The van der Waals surface area contributed by atoms with Gasteiger partial charge in [0.2, 0.25) is 5.95 Å². The van der Waals surface area contributed by atoms with E-state index in [1.807, 2.05) is 0 Å². The van der Waals surface area contributed by atoms with Crippen molar-refractivity contribution >= 4 is 17.6 Å². The van der Waals surface area contributed by atoms with Crippen LogP contribution in [-0.2, 0) is 0 Å². The van der Waals surface area contributed by atoms with Crippen LogP contribution in [0.5, 0.6) is 0 Å². The Morgan fingerprint density at radius 1 is 0.857 bits per heavy atom. The van der Waals surface area contributed by atoms with Crippen molar-refractivity contribution in [3.63, 3.8) is 0 Å². The highest BCUT2D eigenvalue weighted by atomic mass is 15.3. The molecule has 2 rings (SSSR count). The average Bonchev–Trinajstić information content (AvgIpc) is 2.42. The van der Waals surface area contributed by atoms with E-state index in [2.05, 4.69) is 58.8 Å². The Morgan fingerprint density at radius 3 is 2.14 bits per heavy atom. The quantitative estimate of drug-likeness (QED) is 0.747. The molecule has 0 unspecified atom stereocenters. The molecule has 0 atom stereocenters. The van der Waals surface area contributed by atoms with E-state index in [9.17, 15) is 0 Å². The zero-order valence-electron chi connectivity index (χ0n) is 13.6. The maximum atomic E-state index is 4.60. The van der Waals surface area contributed by atoms with Crippen molar-refractivity contribution in [1.82, 2.24) is 15.2 Å². The lowest BCUT2D eigenvalue weighted by molar-refractivity contribution is 0.461. The molecule has 0 bridgehead atoms. The molecule has 1 aliphatic carbocycles. The normalized spacial score (nSPS) is 16.3. The first-order valence-electron chi connectivity index (χ1n) is 8.09. The molecule has 0 aliphatic heterocycles. The van der Waals surface area contributed by atoms with Gasteiger partial charge in [-0.15, -0.1) is 10.2 Å². The van der Waals surface area contributed by atoms with Crippen LogP contribution in [0.25, 0.3) is 0 Å². The summed E-state index contributed by atoms with van der Waals surface area (Å²) in [4.78, 5) is 4.60. The highest BCUT2D eigenvalue weighted by Crippen LogP contribution is 2.24. The van der Waals surface area contributed by atoms with E-state index >= 15 is 0 Å². The summed E-state index contributed by atoms with van der Waals surface area (Å²) in [5, 5.41) is 18.5. The minimum Gasteiger partial charge on any atom is -0.364 e. The molecule has 6 nitrogen and oxygen atoms in total. The zero-order chi connectivity index (χ0) is 15.2. The third-order valence-electron chi connectivity index (χ3n) is 3.48. The predicted octanol–water partition coefficient (Wildman–Crippen LogP) is 3.26. The Hall–Kier alpha value is -1.59. The lowest BCUT2D eigenvalue weighted by atomic mass is 9.95. The van der Waals surface area contributed by atoms with E-state index in [0.717, 1.165) is 11.6 Å². The van der Waals surface area contributed by atoms with Crippen molar-refractivity contribution < 1.29 is 0 Å². The number of hydrogen-bond acceptors (Lipinski definition) is 6. The van der Waals surface area contributed by atoms with Crippen molar-refractivity contribution in [2.24, 2.45) is 0 Å². The van der Waals surface area contributed by atoms with Crippen LogP contribution in [0.15, 0.2) is 0 Å². The van der Waals surface area contributed by atoms with Crippen LogP contribution in [-0.4, -0.2) is 33.3 Å². The highest BCUT2D eigenvalue weighted by Gasteiger charge is 2.17. The van der Waals surface area contributed by atoms with Crippen LogP contribution in [0.2, 0.25) is 0 Å². The molecule has 0 amide bonds. The van der Waals surface area contributed by atoms with Gasteiger partial charge in [0.05, 0.1) is 0 Å². The molecule has 0 aromatic carbocycles. The lowest BCUT2D eigenvalue weighted by Crippen LogP contribution is -2.25. The number of nitrogens with one attached hydrogen (secondary N) is 3. The summed E-state index contributed by atoms with van der Waals surface area (Å²) in [5.74, 6) is 2.14. The van der Waals surface area contributed by atoms with E-state index in [1.165, 1.54) is 32.1 Å². The number of nitrogens with zero attached hydrogens (tertiary/aromatic N) is 3. The standard InChI is InChI=1S/C15H28N6/c1-10(2)16-14-13(18-12-8-6-5-7-9-12)19-15(21-20-14)17-11(3)4/h10-12H,5-9H2,1-4H3,(H,16,20)(H2,17,18,19,21). The van der Waals surface area contributed by atoms with E-state index in [4.69, 9.17) is 0 Å². The smallest absolute Gasteiger partial charge is 0.245 e. The van der Waals surface area contributed by atoms with Gasteiger partial charge in [-0.2, -0.15) is 4.98 Å². The first kappa shape index (κ1) is 15.8. The summed E-state index contributed by atoms with van der Waals surface area (Å²) in [6.07, 6.45) is 6.34. The molecule has 0 radical (unpaired) electrons. The Balaban J connectivity index is 2.15. The monoisotopic (exact) mass is 292 g/mol. The van der Waals surface area contributed by atoms with Crippen molar-refractivity contribution in [2.45, 2.75) is 77.9 Å². The van der Waals surface area contributed by atoms with E-state index < -0.39 is 0 Å². The molecule has 21 heavy (non-hydrogen) atoms. The average molecular weight is 292 g/mol. The van der Waals surface area contributed by atoms with Crippen LogP contribution >= 0.6 is 0 Å². The van der Waals surface area contributed by atoms with Gasteiger partial charge in [0.15, 0.2) is 11.6 Å². The van der Waals surface area contributed by atoms with Gasteiger partial charge in [-0.25, -0.2) is 0 Å². The van der Waals surface area contributed by atoms with Crippen molar-refractivity contribution in [3.05, 3.63) is 0 Å². The van der Waals surface area contributed by atoms with Gasteiger partial charge >= 0.3 is 0 Å². The van der Waals surface area contributed by atoms with E-state index in [0.29, 0.717) is 24.1 Å². The molecule has 1 aromatic heterocycles. The summed E-state index contributed by atoms with van der Waals surface area (Å²) >= 11 is 0. The maximum Gasteiger partial charge on any atom is 0.245 e. The number of rotatable bonds is 6. The second-order valence-electron chi connectivity index (χ2n) is 6.41. The molecule has 118 valence electrons. The van der Waals surface area contributed by atoms with Gasteiger partial charge in [-0.05, 0) is 40.5 Å². The second kappa shape index (κ2) is 7.43. The molecule has 1 fully saturated rings. The molecule has 3 N–H and O–H groups in total. The van der Waals surface area contributed by atoms with Crippen LogP contribution < -0.4 is 16.0 Å². The molecule has 6 heteroatoms. The maximum absolute atomic E-state index is 4.60. The zero-order valence-corrected chi connectivity index (χ0v) is 13.6. The van der Waals surface area contributed by atoms with Crippen LogP contribution in [0.3, 0.4) is 0 Å². The topological polar surface area (TPSA) is 74.8 Å². The molecule has 1 aromatic rings. The van der Waals surface area contributed by atoms with E-state index in [-0.39, 0.29) is 0 Å². The summed E-state index contributed by atoms with van der Waals surface area (Å²) in [7, 11) is 0. The van der Waals surface area contributed by atoms with Crippen molar-refractivity contribution in [3.8, 4) is 0 Å². The summed E-state index contributed by atoms with van der Waals surface area (Å²) in [6.45, 7) is 8.31. The summed E-state index contributed by atoms with van der Waals surface area (Å²) in [5.41, 5.74) is 0. The molecule has 1 heterocycles. The van der Waals surface area contributed by atoms with Crippen LogP contribution in [0.4, 0.5) is 17.6 Å². The molecular weight excluding hydrogens is 264 g/mol. The predicted molar refractivity (Wildman–Crippen MR) is 87.8 cm³/mol. The number of hydrogen-bond donors (Lipinski definition) is 3. The molecular formula is C15H28N6. The Morgan fingerprint density at radius 2 is 1.52 bits per heavy atom.